The summed E-state index contributed by atoms with van der Waals surface area (Å²) in [5.74, 6) is 2.14. The van der Waals surface area contributed by atoms with Gasteiger partial charge in [-0.05, 0) is 49.4 Å². The zero-order valence-corrected chi connectivity index (χ0v) is 14.5. The Labute approximate surface area is 133 Å². The van der Waals surface area contributed by atoms with Gasteiger partial charge in [0.05, 0.1) is 15.2 Å². The molecule has 1 aromatic heterocycles. The zero-order valence-electron chi connectivity index (χ0n) is 13.7. The molecule has 2 aromatic rings. The molecule has 0 aliphatic rings. The molecule has 2 nitrogen and oxygen atoms in total. The molecule has 0 aliphatic carbocycles. The summed E-state index contributed by atoms with van der Waals surface area (Å²) in [6.07, 6.45) is 2.36. The van der Waals surface area contributed by atoms with Gasteiger partial charge in [-0.3, -0.25) is 0 Å². The standard InChI is InChI=1S/C18H28N2S/c1-13(2)9-15(12-19-11-14(3)4)10-18-20-16-7-5-6-8-17(16)21-18/h5-8,13-15,19H,9-12H2,1-4H3. The Morgan fingerprint density at radius 1 is 1.05 bits per heavy atom. The highest BCUT2D eigenvalue weighted by molar-refractivity contribution is 7.18. The highest BCUT2D eigenvalue weighted by Gasteiger charge is 2.14. The molecular formula is C18H28N2S. The third kappa shape index (κ3) is 5.40. The van der Waals surface area contributed by atoms with E-state index < -0.39 is 0 Å². The number of aromatic nitrogens is 1. The Balaban J connectivity index is 1.99. The maximum atomic E-state index is 4.79. The normalized spacial score (nSPS) is 13.4. The van der Waals surface area contributed by atoms with Crippen LogP contribution in [0.25, 0.3) is 10.2 Å². The van der Waals surface area contributed by atoms with E-state index in [-0.39, 0.29) is 0 Å². The van der Waals surface area contributed by atoms with E-state index in [4.69, 9.17) is 4.98 Å². The molecule has 0 saturated heterocycles. The molecule has 0 radical (unpaired) electrons. The summed E-state index contributed by atoms with van der Waals surface area (Å²) >= 11 is 1.85. The molecule has 3 heteroatoms. The summed E-state index contributed by atoms with van der Waals surface area (Å²) in [7, 11) is 0. The Hall–Kier alpha value is -0.930. The largest absolute Gasteiger partial charge is 0.316 e. The van der Waals surface area contributed by atoms with Crippen molar-refractivity contribution in [1.82, 2.24) is 10.3 Å². The molecule has 1 N–H and O–H groups in total. The lowest BCUT2D eigenvalue weighted by Gasteiger charge is -2.19. The lowest BCUT2D eigenvalue weighted by molar-refractivity contribution is 0.376. The number of rotatable bonds is 8. The van der Waals surface area contributed by atoms with E-state index in [2.05, 4.69) is 57.3 Å². The molecule has 1 heterocycles. The topological polar surface area (TPSA) is 24.9 Å². The van der Waals surface area contributed by atoms with Crippen molar-refractivity contribution in [1.29, 1.82) is 0 Å². The fraction of sp³-hybridized carbons (Fsp3) is 0.611. The summed E-state index contributed by atoms with van der Waals surface area (Å²) < 4.78 is 1.31. The third-order valence-electron chi connectivity index (χ3n) is 3.59. The van der Waals surface area contributed by atoms with Gasteiger partial charge >= 0.3 is 0 Å². The molecule has 0 saturated carbocycles. The van der Waals surface area contributed by atoms with E-state index in [0.717, 1.165) is 30.9 Å². The Morgan fingerprint density at radius 3 is 2.48 bits per heavy atom. The van der Waals surface area contributed by atoms with Gasteiger partial charge < -0.3 is 5.32 Å². The molecule has 0 aliphatic heterocycles. The minimum atomic E-state index is 0.685. The molecule has 0 amide bonds. The van der Waals surface area contributed by atoms with Crippen LogP contribution in [-0.4, -0.2) is 18.1 Å². The first-order valence-corrected chi connectivity index (χ1v) is 8.91. The number of hydrogen-bond donors (Lipinski definition) is 1. The summed E-state index contributed by atoms with van der Waals surface area (Å²) in [5.41, 5.74) is 1.15. The van der Waals surface area contributed by atoms with Crippen molar-refractivity contribution in [3.05, 3.63) is 29.3 Å². The van der Waals surface area contributed by atoms with Crippen molar-refractivity contribution in [2.45, 2.75) is 40.5 Å². The van der Waals surface area contributed by atoms with Crippen molar-refractivity contribution in [2.75, 3.05) is 13.1 Å². The Kier molecular flexibility index (Phi) is 6.19. The highest BCUT2D eigenvalue weighted by Crippen LogP contribution is 2.25. The number of nitrogens with one attached hydrogen (secondary N) is 1. The number of hydrogen-bond acceptors (Lipinski definition) is 3. The molecule has 2 rings (SSSR count). The second kappa shape index (κ2) is 7.90. The fourth-order valence-corrected chi connectivity index (χ4v) is 3.82. The Bertz CT molecular complexity index is 512. The molecule has 21 heavy (non-hydrogen) atoms. The molecular weight excluding hydrogens is 276 g/mol. The zero-order chi connectivity index (χ0) is 15.2. The molecule has 0 fully saturated rings. The van der Waals surface area contributed by atoms with Gasteiger partial charge in [0.15, 0.2) is 0 Å². The summed E-state index contributed by atoms with van der Waals surface area (Å²) in [4.78, 5) is 4.79. The molecule has 0 bridgehead atoms. The third-order valence-corrected chi connectivity index (χ3v) is 4.65. The van der Waals surface area contributed by atoms with Gasteiger partial charge in [-0.1, -0.05) is 39.8 Å². The van der Waals surface area contributed by atoms with Crippen LogP contribution in [-0.2, 0) is 6.42 Å². The average molecular weight is 305 g/mol. The lowest BCUT2D eigenvalue weighted by atomic mass is 9.94. The van der Waals surface area contributed by atoms with Crippen LogP contribution in [0.3, 0.4) is 0 Å². The van der Waals surface area contributed by atoms with E-state index in [0.29, 0.717) is 11.8 Å². The van der Waals surface area contributed by atoms with Crippen molar-refractivity contribution in [3.63, 3.8) is 0 Å². The first-order chi connectivity index (χ1) is 10.0. The van der Waals surface area contributed by atoms with Gasteiger partial charge in [-0.25, -0.2) is 4.98 Å². The van der Waals surface area contributed by atoms with Crippen LogP contribution in [0.1, 0.15) is 39.1 Å². The van der Waals surface area contributed by atoms with Gasteiger partial charge in [0.2, 0.25) is 0 Å². The van der Waals surface area contributed by atoms with Crippen LogP contribution in [0.15, 0.2) is 24.3 Å². The van der Waals surface area contributed by atoms with Crippen LogP contribution in [0.4, 0.5) is 0 Å². The first kappa shape index (κ1) is 16.4. The predicted molar refractivity (Wildman–Crippen MR) is 94.0 cm³/mol. The maximum absolute atomic E-state index is 4.79. The van der Waals surface area contributed by atoms with E-state index in [9.17, 15) is 0 Å². The van der Waals surface area contributed by atoms with Gasteiger partial charge in [-0.15, -0.1) is 11.3 Å². The van der Waals surface area contributed by atoms with E-state index in [1.165, 1.54) is 16.1 Å². The SMILES string of the molecule is CC(C)CNCC(Cc1nc2ccccc2s1)CC(C)C. The van der Waals surface area contributed by atoms with Crippen molar-refractivity contribution < 1.29 is 0 Å². The summed E-state index contributed by atoms with van der Waals surface area (Å²) in [5, 5.41) is 4.91. The van der Waals surface area contributed by atoms with Crippen molar-refractivity contribution in [2.24, 2.45) is 17.8 Å². The summed E-state index contributed by atoms with van der Waals surface area (Å²) in [6, 6.07) is 8.45. The quantitative estimate of drug-likeness (QED) is 0.761. The number of thiazole rings is 1. The number of para-hydroxylation sites is 1. The number of nitrogens with zero attached hydrogens (tertiary/aromatic N) is 1. The van der Waals surface area contributed by atoms with Crippen LogP contribution in [0, 0.1) is 17.8 Å². The second-order valence-corrected chi connectivity index (χ2v) is 7.94. The number of benzene rings is 1. The van der Waals surface area contributed by atoms with E-state index in [1.54, 1.807) is 0 Å². The van der Waals surface area contributed by atoms with Crippen molar-refractivity contribution in [3.8, 4) is 0 Å². The maximum Gasteiger partial charge on any atom is 0.0941 e. The van der Waals surface area contributed by atoms with Crippen LogP contribution in [0.2, 0.25) is 0 Å². The van der Waals surface area contributed by atoms with Gasteiger partial charge in [0, 0.05) is 6.42 Å². The predicted octanol–water partition coefficient (Wildman–Crippen LogP) is 4.75. The van der Waals surface area contributed by atoms with Crippen LogP contribution >= 0.6 is 11.3 Å². The van der Waals surface area contributed by atoms with Gasteiger partial charge in [-0.2, -0.15) is 0 Å². The molecule has 0 spiro atoms. The molecule has 1 aromatic carbocycles. The molecule has 1 atom stereocenters. The smallest absolute Gasteiger partial charge is 0.0941 e. The highest BCUT2D eigenvalue weighted by atomic mass is 32.1. The van der Waals surface area contributed by atoms with E-state index in [1.807, 2.05) is 11.3 Å². The minimum Gasteiger partial charge on any atom is -0.316 e. The van der Waals surface area contributed by atoms with Crippen LogP contribution < -0.4 is 5.32 Å². The van der Waals surface area contributed by atoms with Crippen LogP contribution in [0.5, 0.6) is 0 Å². The number of fused-ring (bicyclic) bond motifs is 1. The summed E-state index contributed by atoms with van der Waals surface area (Å²) in [6.45, 7) is 11.4. The van der Waals surface area contributed by atoms with Gasteiger partial charge in [0.1, 0.15) is 0 Å². The minimum absolute atomic E-state index is 0.685. The molecule has 1 unspecified atom stereocenters. The van der Waals surface area contributed by atoms with E-state index >= 15 is 0 Å². The first-order valence-electron chi connectivity index (χ1n) is 8.09. The second-order valence-electron chi connectivity index (χ2n) is 6.83. The monoisotopic (exact) mass is 304 g/mol. The average Bonchev–Trinajstić information content (AvgIpc) is 2.79. The molecule has 116 valence electrons. The Morgan fingerprint density at radius 2 is 1.81 bits per heavy atom. The van der Waals surface area contributed by atoms with Gasteiger partial charge in [0.25, 0.3) is 0 Å². The lowest BCUT2D eigenvalue weighted by Crippen LogP contribution is -2.28. The van der Waals surface area contributed by atoms with Crippen molar-refractivity contribution >= 4 is 21.6 Å². The fourth-order valence-electron chi connectivity index (χ4n) is 2.74.